The standard InChI is InChI=1S/C12H20N2O3/c15-10(16)9-12(5-4-6-12)13-11(17)14-7-2-1-3-8-14/h1-9H2,(H,13,17)(H,15,16). The number of likely N-dealkylation sites (tertiary alicyclic amines) is 1. The Morgan fingerprint density at radius 1 is 1.12 bits per heavy atom. The number of carbonyl (C=O) groups is 2. The van der Waals surface area contributed by atoms with Crippen LogP contribution < -0.4 is 5.32 Å². The van der Waals surface area contributed by atoms with Gasteiger partial charge in [-0.2, -0.15) is 0 Å². The molecule has 0 aromatic heterocycles. The Morgan fingerprint density at radius 3 is 2.24 bits per heavy atom. The van der Waals surface area contributed by atoms with Crippen LogP contribution >= 0.6 is 0 Å². The first kappa shape index (κ1) is 12.2. The van der Waals surface area contributed by atoms with E-state index in [0.717, 1.165) is 45.2 Å². The van der Waals surface area contributed by atoms with Crippen LogP contribution in [0, 0.1) is 0 Å². The van der Waals surface area contributed by atoms with Gasteiger partial charge in [0.05, 0.1) is 12.0 Å². The molecule has 5 heteroatoms. The van der Waals surface area contributed by atoms with Gasteiger partial charge in [0.25, 0.3) is 0 Å². The van der Waals surface area contributed by atoms with E-state index in [1.165, 1.54) is 6.42 Å². The van der Waals surface area contributed by atoms with E-state index >= 15 is 0 Å². The second kappa shape index (κ2) is 4.94. The Labute approximate surface area is 101 Å². The molecule has 0 aromatic carbocycles. The molecule has 1 saturated carbocycles. The molecule has 0 spiro atoms. The summed E-state index contributed by atoms with van der Waals surface area (Å²) in [7, 11) is 0. The van der Waals surface area contributed by atoms with Crippen molar-refractivity contribution in [3.8, 4) is 0 Å². The Kier molecular flexibility index (Phi) is 3.54. The molecule has 2 N–H and O–H groups in total. The number of hydrogen-bond donors (Lipinski definition) is 2. The summed E-state index contributed by atoms with van der Waals surface area (Å²) in [6.07, 6.45) is 5.93. The SMILES string of the molecule is O=C(O)CC1(NC(=O)N2CCCCC2)CCC1. The van der Waals surface area contributed by atoms with Crippen molar-refractivity contribution in [2.75, 3.05) is 13.1 Å². The molecule has 17 heavy (non-hydrogen) atoms. The fourth-order valence-corrected chi connectivity index (χ4v) is 2.64. The first-order valence-electron chi connectivity index (χ1n) is 6.40. The van der Waals surface area contributed by atoms with Crippen molar-refractivity contribution in [3.05, 3.63) is 0 Å². The molecule has 1 saturated heterocycles. The van der Waals surface area contributed by atoms with Crippen molar-refractivity contribution < 1.29 is 14.7 Å². The lowest BCUT2D eigenvalue weighted by Gasteiger charge is -2.43. The van der Waals surface area contributed by atoms with Gasteiger partial charge in [-0.15, -0.1) is 0 Å². The number of aliphatic carboxylic acids is 1. The highest BCUT2D eigenvalue weighted by Crippen LogP contribution is 2.35. The minimum absolute atomic E-state index is 0.0482. The number of rotatable bonds is 3. The summed E-state index contributed by atoms with van der Waals surface area (Å²) in [6.45, 7) is 1.60. The molecule has 5 nitrogen and oxygen atoms in total. The maximum atomic E-state index is 12.0. The summed E-state index contributed by atoms with van der Waals surface area (Å²) in [5, 5.41) is 11.8. The molecule has 0 aromatic rings. The van der Waals surface area contributed by atoms with Crippen molar-refractivity contribution in [2.45, 2.75) is 50.5 Å². The van der Waals surface area contributed by atoms with Crippen LogP contribution in [-0.4, -0.2) is 40.6 Å². The quantitative estimate of drug-likeness (QED) is 0.786. The molecular formula is C12H20N2O3. The number of carbonyl (C=O) groups excluding carboxylic acids is 1. The largest absolute Gasteiger partial charge is 0.481 e. The molecule has 0 radical (unpaired) electrons. The molecule has 0 bridgehead atoms. The van der Waals surface area contributed by atoms with Gasteiger partial charge >= 0.3 is 12.0 Å². The summed E-state index contributed by atoms with van der Waals surface area (Å²) < 4.78 is 0. The fourth-order valence-electron chi connectivity index (χ4n) is 2.64. The average molecular weight is 240 g/mol. The summed E-state index contributed by atoms with van der Waals surface area (Å²) >= 11 is 0. The maximum absolute atomic E-state index is 12.0. The van der Waals surface area contributed by atoms with Crippen LogP contribution in [0.2, 0.25) is 0 Å². The van der Waals surface area contributed by atoms with Crippen molar-refractivity contribution in [1.82, 2.24) is 10.2 Å². The van der Waals surface area contributed by atoms with E-state index in [0.29, 0.717) is 0 Å². The molecule has 2 aliphatic rings. The first-order chi connectivity index (χ1) is 8.11. The Balaban J connectivity index is 1.89. The van der Waals surface area contributed by atoms with Gasteiger partial charge in [0.15, 0.2) is 0 Å². The third-order valence-electron chi connectivity index (χ3n) is 3.82. The second-order valence-electron chi connectivity index (χ2n) is 5.18. The van der Waals surface area contributed by atoms with Crippen molar-refractivity contribution in [2.24, 2.45) is 0 Å². The lowest BCUT2D eigenvalue weighted by molar-refractivity contribution is -0.139. The molecule has 1 heterocycles. The Hall–Kier alpha value is -1.26. The number of hydrogen-bond acceptors (Lipinski definition) is 2. The van der Waals surface area contributed by atoms with Crippen molar-refractivity contribution in [1.29, 1.82) is 0 Å². The van der Waals surface area contributed by atoms with Gasteiger partial charge in [-0.3, -0.25) is 4.79 Å². The number of nitrogens with zero attached hydrogens (tertiary/aromatic N) is 1. The van der Waals surface area contributed by atoms with Gasteiger partial charge in [0.1, 0.15) is 0 Å². The number of carboxylic acids is 1. The second-order valence-corrected chi connectivity index (χ2v) is 5.18. The van der Waals surface area contributed by atoms with Crippen LogP contribution in [0.3, 0.4) is 0 Å². The van der Waals surface area contributed by atoms with Gasteiger partial charge in [-0.25, -0.2) is 4.79 Å². The number of piperidine rings is 1. The zero-order valence-corrected chi connectivity index (χ0v) is 10.1. The van der Waals surface area contributed by atoms with E-state index in [1.54, 1.807) is 0 Å². The van der Waals surface area contributed by atoms with Gasteiger partial charge in [-0.05, 0) is 38.5 Å². The van der Waals surface area contributed by atoms with Crippen molar-refractivity contribution >= 4 is 12.0 Å². The zero-order valence-electron chi connectivity index (χ0n) is 10.1. The van der Waals surface area contributed by atoms with Crippen LogP contribution in [0.25, 0.3) is 0 Å². The minimum Gasteiger partial charge on any atom is -0.481 e. The topological polar surface area (TPSA) is 69.6 Å². The number of carboxylic acid groups (broad SMARTS) is 1. The predicted octanol–water partition coefficient (Wildman–Crippen LogP) is 1.58. The molecule has 2 amide bonds. The molecule has 2 rings (SSSR count). The number of amides is 2. The molecule has 1 aliphatic heterocycles. The maximum Gasteiger partial charge on any atom is 0.317 e. The highest BCUT2D eigenvalue weighted by molar-refractivity contribution is 5.77. The van der Waals surface area contributed by atoms with Gasteiger partial charge in [0, 0.05) is 13.1 Å². The molecule has 96 valence electrons. The van der Waals surface area contributed by atoms with Crippen LogP contribution in [0.5, 0.6) is 0 Å². The first-order valence-corrected chi connectivity index (χ1v) is 6.40. The molecule has 2 fully saturated rings. The van der Waals surface area contributed by atoms with Crippen LogP contribution in [0.15, 0.2) is 0 Å². The van der Waals surface area contributed by atoms with Crippen LogP contribution in [-0.2, 0) is 4.79 Å². The molecule has 1 aliphatic carbocycles. The van der Waals surface area contributed by atoms with E-state index in [1.807, 2.05) is 4.90 Å². The monoisotopic (exact) mass is 240 g/mol. The lowest BCUT2D eigenvalue weighted by atomic mass is 9.74. The fraction of sp³-hybridized carbons (Fsp3) is 0.833. The third kappa shape index (κ3) is 2.90. The van der Waals surface area contributed by atoms with Gasteiger partial charge < -0.3 is 15.3 Å². The average Bonchev–Trinajstić information content (AvgIpc) is 2.26. The Bertz CT molecular complexity index is 307. The van der Waals surface area contributed by atoms with E-state index < -0.39 is 11.5 Å². The molecular weight excluding hydrogens is 220 g/mol. The van der Waals surface area contributed by atoms with Gasteiger partial charge in [-0.1, -0.05) is 0 Å². The van der Waals surface area contributed by atoms with Crippen LogP contribution in [0.1, 0.15) is 44.9 Å². The number of urea groups is 1. The van der Waals surface area contributed by atoms with E-state index in [2.05, 4.69) is 5.32 Å². The van der Waals surface area contributed by atoms with Crippen molar-refractivity contribution in [3.63, 3.8) is 0 Å². The minimum atomic E-state index is -0.830. The van der Waals surface area contributed by atoms with E-state index in [-0.39, 0.29) is 12.5 Å². The normalized spacial score (nSPS) is 22.7. The van der Waals surface area contributed by atoms with E-state index in [9.17, 15) is 9.59 Å². The van der Waals surface area contributed by atoms with Gasteiger partial charge in [0.2, 0.25) is 0 Å². The van der Waals surface area contributed by atoms with Crippen LogP contribution in [0.4, 0.5) is 4.79 Å². The highest BCUT2D eigenvalue weighted by Gasteiger charge is 2.41. The Morgan fingerprint density at radius 2 is 1.76 bits per heavy atom. The zero-order chi connectivity index (χ0) is 12.3. The summed E-state index contributed by atoms with van der Waals surface area (Å²) in [5.41, 5.74) is -0.472. The molecule has 0 unspecified atom stereocenters. The summed E-state index contributed by atoms with van der Waals surface area (Å²) in [5.74, 6) is -0.830. The lowest BCUT2D eigenvalue weighted by Crippen LogP contribution is -2.58. The summed E-state index contributed by atoms with van der Waals surface area (Å²) in [4.78, 5) is 24.6. The smallest absolute Gasteiger partial charge is 0.317 e. The highest BCUT2D eigenvalue weighted by atomic mass is 16.4. The third-order valence-corrected chi connectivity index (χ3v) is 3.82. The summed E-state index contributed by atoms with van der Waals surface area (Å²) in [6, 6.07) is -0.0781. The number of nitrogens with one attached hydrogen (secondary N) is 1. The van der Waals surface area contributed by atoms with E-state index in [4.69, 9.17) is 5.11 Å². The molecule has 0 atom stereocenters. The predicted molar refractivity (Wildman–Crippen MR) is 62.8 cm³/mol.